The van der Waals surface area contributed by atoms with E-state index in [9.17, 15) is 4.39 Å². The van der Waals surface area contributed by atoms with Gasteiger partial charge in [-0.05, 0) is 31.2 Å². The summed E-state index contributed by atoms with van der Waals surface area (Å²) >= 11 is 5.82. The van der Waals surface area contributed by atoms with Gasteiger partial charge >= 0.3 is 0 Å². The van der Waals surface area contributed by atoms with Crippen molar-refractivity contribution in [2.45, 2.75) is 13.0 Å². The SMILES string of the molecule is COC[C@H](C)Oc1cc2ncnc(Nc3ccc(F)c(Cl)c3)c2cc1N. The summed E-state index contributed by atoms with van der Waals surface area (Å²) < 4.78 is 24.2. The minimum atomic E-state index is -0.485. The average molecular weight is 377 g/mol. The first-order chi connectivity index (χ1) is 12.5. The smallest absolute Gasteiger partial charge is 0.144 e. The van der Waals surface area contributed by atoms with Crippen LogP contribution in [-0.4, -0.2) is 29.8 Å². The molecule has 0 amide bonds. The van der Waals surface area contributed by atoms with Crippen LogP contribution in [0.3, 0.4) is 0 Å². The van der Waals surface area contributed by atoms with E-state index < -0.39 is 5.82 Å². The van der Waals surface area contributed by atoms with E-state index in [-0.39, 0.29) is 11.1 Å². The maximum Gasteiger partial charge on any atom is 0.144 e. The molecule has 8 heteroatoms. The van der Waals surface area contributed by atoms with Crippen LogP contribution in [0.5, 0.6) is 5.75 Å². The van der Waals surface area contributed by atoms with E-state index in [1.807, 2.05) is 6.92 Å². The van der Waals surface area contributed by atoms with Gasteiger partial charge in [0.15, 0.2) is 0 Å². The van der Waals surface area contributed by atoms with E-state index in [4.69, 9.17) is 26.8 Å². The second kappa shape index (κ2) is 7.72. The zero-order chi connectivity index (χ0) is 18.7. The molecule has 0 saturated heterocycles. The Balaban J connectivity index is 1.94. The molecule has 3 N–H and O–H groups in total. The number of fused-ring (bicyclic) bond motifs is 1. The van der Waals surface area contributed by atoms with Gasteiger partial charge in [-0.1, -0.05) is 11.6 Å². The highest BCUT2D eigenvalue weighted by atomic mass is 35.5. The Morgan fingerprint density at radius 3 is 2.81 bits per heavy atom. The van der Waals surface area contributed by atoms with Crippen LogP contribution in [0.15, 0.2) is 36.7 Å². The van der Waals surface area contributed by atoms with E-state index in [0.29, 0.717) is 40.5 Å². The first-order valence-electron chi connectivity index (χ1n) is 7.90. The van der Waals surface area contributed by atoms with Crippen LogP contribution in [0.2, 0.25) is 5.02 Å². The van der Waals surface area contributed by atoms with Crippen molar-refractivity contribution in [2.75, 3.05) is 24.8 Å². The molecule has 0 aliphatic carbocycles. The number of nitrogen functional groups attached to an aromatic ring is 1. The third-order valence-corrected chi connectivity index (χ3v) is 3.97. The number of hydrogen-bond acceptors (Lipinski definition) is 6. The summed E-state index contributed by atoms with van der Waals surface area (Å²) in [6, 6.07) is 7.82. The third kappa shape index (κ3) is 3.95. The number of rotatable bonds is 6. The monoisotopic (exact) mass is 376 g/mol. The molecule has 0 saturated carbocycles. The molecule has 26 heavy (non-hydrogen) atoms. The number of methoxy groups -OCH3 is 1. The van der Waals surface area contributed by atoms with Crippen molar-refractivity contribution in [1.82, 2.24) is 9.97 Å². The minimum Gasteiger partial charge on any atom is -0.486 e. The zero-order valence-electron chi connectivity index (χ0n) is 14.3. The molecule has 2 aromatic carbocycles. The van der Waals surface area contributed by atoms with Crippen LogP contribution >= 0.6 is 11.6 Å². The summed E-state index contributed by atoms with van der Waals surface area (Å²) in [5.41, 5.74) is 7.83. The second-order valence-electron chi connectivity index (χ2n) is 5.77. The lowest BCUT2D eigenvalue weighted by molar-refractivity contribution is 0.0926. The highest BCUT2D eigenvalue weighted by Gasteiger charge is 2.12. The molecule has 1 aromatic heterocycles. The fraction of sp³-hybridized carbons (Fsp3) is 0.222. The van der Waals surface area contributed by atoms with Crippen molar-refractivity contribution in [1.29, 1.82) is 0 Å². The number of aromatic nitrogens is 2. The van der Waals surface area contributed by atoms with Crippen molar-refractivity contribution in [2.24, 2.45) is 0 Å². The van der Waals surface area contributed by atoms with Crippen LogP contribution in [0.1, 0.15) is 6.92 Å². The summed E-state index contributed by atoms with van der Waals surface area (Å²) in [6.45, 7) is 2.33. The summed E-state index contributed by atoms with van der Waals surface area (Å²) in [7, 11) is 1.61. The molecule has 0 bridgehead atoms. The minimum absolute atomic E-state index is 0.0238. The largest absolute Gasteiger partial charge is 0.486 e. The lowest BCUT2D eigenvalue weighted by Gasteiger charge is -2.16. The van der Waals surface area contributed by atoms with Gasteiger partial charge in [-0.15, -0.1) is 0 Å². The standard InChI is InChI=1S/C18H18ClFN4O2/c1-10(8-25-2)26-17-7-16-12(6-15(17)21)18(23-9-22-16)24-11-3-4-14(20)13(19)5-11/h3-7,9-10H,8,21H2,1-2H3,(H,22,23,24)/t10-/m0/s1. The summed E-state index contributed by atoms with van der Waals surface area (Å²) in [6.07, 6.45) is 1.27. The van der Waals surface area contributed by atoms with E-state index in [0.717, 1.165) is 0 Å². The Morgan fingerprint density at radius 2 is 2.08 bits per heavy atom. The molecule has 3 aromatic rings. The van der Waals surface area contributed by atoms with Crippen LogP contribution in [-0.2, 0) is 4.74 Å². The molecule has 6 nitrogen and oxygen atoms in total. The molecule has 136 valence electrons. The van der Waals surface area contributed by atoms with Gasteiger partial charge in [-0.3, -0.25) is 0 Å². The highest BCUT2D eigenvalue weighted by Crippen LogP contribution is 2.32. The maximum absolute atomic E-state index is 13.3. The van der Waals surface area contributed by atoms with Gasteiger partial charge in [0, 0.05) is 24.2 Å². The fourth-order valence-corrected chi connectivity index (χ4v) is 2.68. The maximum atomic E-state index is 13.3. The Morgan fingerprint density at radius 1 is 1.27 bits per heavy atom. The first-order valence-corrected chi connectivity index (χ1v) is 8.27. The van der Waals surface area contributed by atoms with E-state index >= 15 is 0 Å². The van der Waals surface area contributed by atoms with Crippen molar-refractivity contribution in [3.63, 3.8) is 0 Å². The molecule has 0 fully saturated rings. The highest BCUT2D eigenvalue weighted by molar-refractivity contribution is 6.31. The van der Waals surface area contributed by atoms with Crippen molar-refractivity contribution < 1.29 is 13.9 Å². The summed E-state index contributed by atoms with van der Waals surface area (Å²) in [5, 5.41) is 3.83. The second-order valence-corrected chi connectivity index (χ2v) is 6.17. The molecule has 0 unspecified atom stereocenters. The number of halogens is 2. The topological polar surface area (TPSA) is 82.3 Å². The van der Waals surface area contributed by atoms with Crippen molar-refractivity contribution in [3.05, 3.63) is 47.5 Å². The Bertz CT molecular complexity index is 938. The molecule has 1 atom stereocenters. The van der Waals surface area contributed by atoms with E-state index in [2.05, 4.69) is 15.3 Å². The molecule has 0 radical (unpaired) electrons. The fourth-order valence-electron chi connectivity index (χ4n) is 2.50. The molecular weight excluding hydrogens is 359 g/mol. The van der Waals surface area contributed by atoms with Crippen molar-refractivity contribution >= 4 is 39.7 Å². The Kier molecular flexibility index (Phi) is 5.39. The predicted molar refractivity (Wildman–Crippen MR) is 101 cm³/mol. The average Bonchev–Trinajstić information content (AvgIpc) is 2.60. The van der Waals surface area contributed by atoms with E-state index in [1.54, 1.807) is 25.3 Å². The van der Waals surface area contributed by atoms with Gasteiger partial charge < -0.3 is 20.5 Å². The van der Waals surface area contributed by atoms with Gasteiger partial charge in [-0.25, -0.2) is 14.4 Å². The van der Waals surface area contributed by atoms with Gasteiger partial charge in [0.05, 0.1) is 22.8 Å². The molecule has 0 aliphatic heterocycles. The zero-order valence-corrected chi connectivity index (χ0v) is 15.0. The number of nitrogens with two attached hydrogens (primary N) is 1. The molecule has 3 rings (SSSR count). The quantitative estimate of drug-likeness (QED) is 0.628. The number of nitrogens with zero attached hydrogens (tertiary/aromatic N) is 2. The number of anilines is 3. The number of ether oxygens (including phenoxy) is 2. The third-order valence-electron chi connectivity index (χ3n) is 3.68. The van der Waals surface area contributed by atoms with E-state index in [1.165, 1.54) is 18.5 Å². The van der Waals surface area contributed by atoms with Gasteiger partial charge in [0.1, 0.15) is 29.8 Å². The molecule has 1 heterocycles. The van der Waals surface area contributed by atoms with Gasteiger partial charge in [0.2, 0.25) is 0 Å². The van der Waals surface area contributed by atoms with Gasteiger partial charge in [0.25, 0.3) is 0 Å². The number of nitrogens with one attached hydrogen (secondary N) is 1. The predicted octanol–water partition coefficient (Wildman–Crippen LogP) is 4.16. The molecule has 0 spiro atoms. The van der Waals surface area contributed by atoms with Crippen LogP contribution in [0.25, 0.3) is 10.9 Å². The van der Waals surface area contributed by atoms with Crippen LogP contribution in [0.4, 0.5) is 21.6 Å². The summed E-state index contributed by atoms with van der Waals surface area (Å²) in [4.78, 5) is 8.51. The number of benzene rings is 2. The van der Waals surface area contributed by atoms with Crippen LogP contribution < -0.4 is 15.8 Å². The normalized spacial score (nSPS) is 12.2. The number of hydrogen-bond donors (Lipinski definition) is 2. The van der Waals surface area contributed by atoms with Gasteiger partial charge in [-0.2, -0.15) is 0 Å². The Hall–Kier alpha value is -2.64. The first kappa shape index (κ1) is 18.2. The summed E-state index contributed by atoms with van der Waals surface area (Å²) in [5.74, 6) is 0.568. The molecule has 0 aliphatic rings. The van der Waals surface area contributed by atoms with Crippen LogP contribution in [0, 0.1) is 5.82 Å². The van der Waals surface area contributed by atoms with Crippen molar-refractivity contribution in [3.8, 4) is 5.75 Å². The molecular formula is C18H18ClFN4O2. The Labute approximate surface area is 155 Å². The lowest BCUT2D eigenvalue weighted by Crippen LogP contribution is -2.18. The lowest BCUT2D eigenvalue weighted by atomic mass is 10.2.